The first-order valence-corrected chi connectivity index (χ1v) is 19.8. The van der Waals surface area contributed by atoms with Crippen LogP contribution in [0.25, 0.3) is 32.9 Å². The zero-order valence-corrected chi connectivity index (χ0v) is 33.8. The molecule has 286 valence electrons. The Bertz CT molecular complexity index is 2610. The predicted octanol–water partition coefficient (Wildman–Crippen LogP) is 11.9. The Kier molecular flexibility index (Phi) is 11.2. The normalized spacial score (nSPS) is 13.4. The molecule has 9 rings (SSSR count). The average Bonchev–Trinajstić information content (AvgIpc) is 4.13. The van der Waals surface area contributed by atoms with Crippen molar-refractivity contribution in [1.29, 1.82) is 0 Å². The third-order valence-corrected chi connectivity index (χ3v) is 10.9. The standard InChI is InChI=1S/C24H20ClN3O2.C18H16BrN3O2.C2H6/c1-28-9-8-15-10-17(12-19(22(15)28)18-4-2-3-5-21(18)25)27-23-20(24(29)30)11-16(13-26-23)14-6-7-14;1-22-5-4-11-6-13(8-15(19)16(11)22)21-17-14(18(23)24)7-12(9-20-17)10-2-3-10;1-2/h2-5,8-14H,6-7H2,1H3,(H,26,27)(H,29,30);4-10H,2-3H2,1H3,(H,20,21)(H,23,24);1-2H3. The molecule has 0 spiro atoms. The summed E-state index contributed by atoms with van der Waals surface area (Å²) in [5.41, 5.74) is 8.01. The minimum Gasteiger partial charge on any atom is -0.478 e. The molecule has 2 aliphatic rings. The van der Waals surface area contributed by atoms with Gasteiger partial charge in [0.2, 0.25) is 0 Å². The number of carboxylic acids is 2. The highest BCUT2D eigenvalue weighted by atomic mass is 79.9. The molecule has 10 nitrogen and oxygen atoms in total. The van der Waals surface area contributed by atoms with Gasteiger partial charge in [-0.2, -0.15) is 0 Å². The van der Waals surface area contributed by atoms with Crippen molar-refractivity contribution < 1.29 is 19.8 Å². The fourth-order valence-corrected chi connectivity index (χ4v) is 7.89. The molecular formula is C44H42BrClN6O4. The van der Waals surface area contributed by atoms with Crippen molar-refractivity contribution >= 4 is 84.3 Å². The van der Waals surface area contributed by atoms with Crippen LogP contribution in [0.15, 0.2) is 102 Å². The van der Waals surface area contributed by atoms with Gasteiger partial charge in [0.25, 0.3) is 0 Å². The number of rotatable bonds is 9. The van der Waals surface area contributed by atoms with E-state index in [4.69, 9.17) is 11.6 Å². The fraction of sp³-hybridized carbons (Fsp3) is 0.227. The van der Waals surface area contributed by atoms with E-state index in [0.717, 1.165) is 85.6 Å². The Morgan fingerprint density at radius 1 is 0.696 bits per heavy atom. The highest BCUT2D eigenvalue weighted by molar-refractivity contribution is 9.10. The van der Waals surface area contributed by atoms with E-state index in [9.17, 15) is 19.8 Å². The first-order valence-electron chi connectivity index (χ1n) is 18.6. The molecule has 0 bridgehead atoms. The second-order valence-electron chi connectivity index (χ2n) is 13.9. The van der Waals surface area contributed by atoms with Crippen LogP contribution < -0.4 is 10.6 Å². The summed E-state index contributed by atoms with van der Waals surface area (Å²) < 4.78 is 5.04. The van der Waals surface area contributed by atoms with Gasteiger partial charge in [0.1, 0.15) is 22.8 Å². The Hall–Kier alpha value is -5.65. The van der Waals surface area contributed by atoms with E-state index in [-0.39, 0.29) is 11.1 Å². The van der Waals surface area contributed by atoms with Gasteiger partial charge in [0, 0.05) is 81.7 Å². The van der Waals surface area contributed by atoms with E-state index in [1.165, 1.54) is 0 Å². The molecule has 4 N–H and O–H groups in total. The van der Waals surface area contributed by atoms with Crippen molar-refractivity contribution in [2.24, 2.45) is 14.1 Å². The molecule has 2 fully saturated rings. The number of aromatic nitrogens is 4. The van der Waals surface area contributed by atoms with Crippen molar-refractivity contribution in [1.82, 2.24) is 19.1 Å². The van der Waals surface area contributed by atoms with Crippen molar-refractivity contribution in [2.75, 3.05) is 10.6 Å². The first-order chi connectivity index (χ1) is 27.0. The molecule has 56 heavy (non-hydrogen) atoms. The van der Waals surface area contributed by atoms with Crippen LogP contribution >= 0.6 is 27.5 Å². The molecule has 4 heterocycles. The van der Waals surface area contributed by atoms with E-state index < -0.39 is 11.9 Å². The summed E-state index contributed by atoms with van der Waals surface area (Å²) in [5.74, 6) is -0.329. The van der Waals surface area contributed by atoms with E-state index in [2.05, 4.69) is 41.1 Å². The highest BCUT2D eigenvalue weighted by Crippen LogP contribution is 2.42. The number of aryl methyl sites for hydroxylation is 2. The SMILES string of the molecule is CC.Cn1ccc2cc(Nc3ncc(C4CC4)cc3C(=O)O)cc(-c3ccccc3Cl)c21.Cn1ccc2cc(Nc3ncc(C4CC4)cc3C(=O)O)cc(Br)c21. The molecular weight excluding hydrogens is 792 g/mol. The van der Waals surface area contributed by atoms with Crippen LogP contribution in [0.4, 0.5) is 23.0 Å². The Labute approximate surface area is 338 Å². The molecule has 0 amide bonds. The molecule has 0 unspecified atom stereocenters. The van der Waals surface area contributed by atoms with Crippen LogP contribution in [0.5, 0.6) is 0 Å². The number of benzene rings is 3. The van der Waals surface area contributed by atoms with Crippen molar-refractivity contribution in [3.63, 3.8) is 0 Å². The van der Waals surface area contributed by atoms with Crippen LogP contribution in [0.1, 0.15) is 83.2 Å². The van der Waals surface area contributed by atoms with Crippen LogP contribution in [0, 0.1) is 0 Å². The van der Waals surface area contributed by atoms with Gasteiger partial charge in [-0.15, -0.1) is 0 Å². The lowest BCUT2D eigenvalue weighted by Crippen LogP contribution is -2.06. The van der Waals surface area contributed by atoms with Crippen LogP contribution in [-0.2, 0) is 14.1 Å². The number of aromatic carboxylic acids is 2. The lowest BCUT2D eigenvalue weighted by Gasteiger charge is -2.14. The first kappa shape index (κ1) is 38.6. The Morgan fingerprint density at radius 3 is 1.68 bits per heavy atom. The molecule has 0 saturated heterocycles. The molecule has 0 atom stereocenters. The third kappa shape index (κ3) is 8.15. The number of anilines is 4. The summed E-state index contributed by atoms with van der Waals surface area (Å²) in [6.07, 6.45) is 12.0. The van der Waals surface area contributed by atoms with Gasteiger partial charge in [-0.1, -0.05) is 43.6 Å². The number of halogens is 2. The van der Waals surface area contributed by atoms with Gasteiger partial charge >= 0.3 is 11.9 Å². The van der Waals surface area contributed by atoms with Gasteiger partial charge in [-0.25, -0.2) is 19.6 Å². The van der Waals surface area contributed by atoms with Gasteiger partial charge in [-0.3, -0.25) is 0 Å². The Balaban J connectivity index is 0.000000168. The summed E-state index contributed by atoms with van der Waals surface area (Å²) >= 11 is 10.1. The molecule has 4 aromatic heterocycles. The number of carboxylic acid groups (broad SMARTS) is 2. The molecule has 3 aromatic carbocycles. The van der Waals surface area contributed by atoms with Gasteiger partial charge in [-0.05, 0) is 119 Å². The molecule has 7 aromatic rings. The summed E-state index contributed by atoms with van der Waals surface area (Å²) in [7, 11) is 3.98. The molecule has 0 aliphatic heterocycles. The van der Waals surface area contributed by atoms with E-state index in [1.807, 2.05) is 106 Å². The quantitative estimate of drug-likeness (QED) is 0.113. The number of pyridine rings is 2. The number of nitrogens with one attached hydrogen (secondary N) is 2. The van der Waals surface area contributed by atoms with E-state index >= 15 is 0 Å². The maximum absolute atomic E-state index is 11.9. The van der Waals surface area contributed by atoms with Crippen molar-refractivity contribution in [3.05, 3.63) is 129 Å². The van der Waals surface area contributed by atoms with Crippen molar-refractivity contribution in [3.8, 4) is 11.1 Å². The van der Waals surface area contributed by atoms with E-state index in [0.29, 0.717) is 28.5 Å². The third-order valence-electron chi connectivity index (χ3n) is 9.96. The molecule has 2 aliphatic carbocycles. The van der Waals surface area contributed by atoms with Gasteiger partial charge in [0.05, 0.1) is 11.0 Å². The number of hydrogen-bond donors (Lipinski definition) is 4. The number of carbonyl (C=O) groups is 2. The summed E-state index contributed by atoms with van der Waals surface area (Å²) in [6, 6.07) is 23.2. The zero-order chi connectivity index (χ0) is 39.7. The topological polar surface area (TPSA) is 134 Å². The maximum Gasteiger partial charge on any atom is 0.339 e. The monoisotopic (exact) mass is 832 g/mol. The summed E-state index contributed by atoms with van der Waals surface area (Å²) in [6.45, 7) is 4.00. The number of hydrogen-bond acceptors (Lipinski definition) is 6. The minimum atomic E-state index is -0.986. The summed E-state index contributed by atoms with van der Waals surface area (Å²) in [5, 5.41) is 28.4. The lowest BCUT2D eigenvalue weighted by atomic mass is 10.0. The Morgan fingerprint density at radius 2 is 1.18 bits per heavy atom. The lowest BCUT2D eigenvalue weighted by molar-refractivity contribution is 0.0686. The van der Waals surface area contributed by atoms with Gasteiger partial charge < -0.3 is 30.0 Å². The number of fused-ring (bicyclic) bond motifs is 2. The second kappa shape index (κ2) is 16.2. The predicted molar refractivity (Wildman–Crippen MR) is 228 cm³/mol. The largest absolute Gasteiger partial charge is 0.478 e. The van der Waals surface area contributed by atoms with E-state index in [1.54, 1.807) is 24.5 Å². The average molecular weight is 834 g/mol. The number of nitrogens with zero attached hydrogens (tertiary/aromatic N) is 4. The summed E-state index contributed by atoms with van der Waals surface area (Å²) in [4.78, 5) is 32.2. The second-order valence-corrected chi connectivity index (χ2v) is 15.2. The van der Waals surface area contributed by atoms with Crippen molar-refractivity contribution in [2.45, 2.75) is 51.4 Å². The minimum absolute atomic E-state index is 0.187. The molecule has 2 saturated carbocycles. The van der Waals surface area contributed by atoms with Crippen LogP contribution in [0.3, 0.4) is 0 Å². The molecule has 0 radical (unpaired) electrons. The maximum atomic E-state index is 11.9. The van der Waals surface area contributed by atoms with Crippen LogP contribution in [0.2, 0.25) is 5.02 Å². The molecule has 12 heteroatoms. The fourth-order valence-electron chi connectivity index (χ4n) is 6.90. The van der Waals surface area contributed by atoms with Gasteiger partial charge in [0.15, 0.2) is 0 Å². The highest BCUT2D eigenvalue weighted by Gasteiger charge is 2.27. The smallest absolute Gasteiger partial charge is 0.339 e. The zero-order valence-electron chi connectivity index (χ0n) is 31.5. The van der Waals surface area contributed by atoms with Crippen LogP contribution in [-0.4, -0.2) is 41.3 Å².